The molecule has 1 aromatic heterocycles. The van der Waals surface area contributed by atoms with Gasteiger partial charge in [-0.25, -0.2) is 0 Å². The monoisotopic (exact) mass is 388 g/mol. The van der Waals surface area contributed by atoms with E-state index in [0.29, 0.717) is 0 Å². The van der Waals surface area contributed by atoms with E-state index in [0.717, 1.165) is 19.5 Å². The lowest BCUT2D eigenvalue weighted by atomic mass is 10.2. The van der Waals surface area contributed by atoms with Gasteiger partial charge < -0.3 is 11.1 Å². The Kier molecular flexibility index (Phi) is 4.42. The third-order valence-electron chi connectivity index (χ3n) is 2.31. The van der Waals surface area contributed by atoms with E-state index < -0.39 is 11.9 Å². The number of thiophene rings is 1. The summed E-state index contributed by atoms with van der Waals surface area (Å²) < 4.78 is 1.94. The lowest BCUT2D eigenvalue weighted by molar-refractivity contribution is -0.118. The van der Waals surface area contributed by atoms with Gasteiger partial charge >= 0.3 is 0 Å². The molecule has 0 aliphatic rings. The maximum atomic E-state index is 11.5. The van der Waals surface area contributed by atoms with Gasteiger partial charge in [-0.3, -0.25) is 4.79 Å². The molecule has 3 nitrogen and oxygen atoms in total. The highest BCUT2D eigenvalue weighted by Gasteiger charge is 2.19. The third-order valence-corrected chi connectivity index (χ3v) is 4.60. The maximum Gasteiger partial charge on any atom is 0.245 e. The largest absolute Gasteiger partial charge is 0.369 e. The number of benzene rings is 1. The molecular formula is C12H10Br2N2OS. The molecular weight excluding hydrogens is 380 g/mol. The van der Waals surface area contributed by atoms with E-state index in [2.05, 4.69) is 37.2 Å². The Hall–Kier alpha value is -0.850. The fourth-order valence-corrected chi connectivity index (χ4v) is 3.24. The summed E-state index contributed by atoms with van der Waals surface area (Å²) in [7, 11) is 0. The first-order chi connectivity index (χ1) is 8.56. The minimum Gasteiger partial charge on any atom is -0.369 e. The van der Waals surface area contributed by atoms with Crippen molar-refractivity contribution >= 4 is 54.8 Å². The van der Waals surface area contributed by atoms with E-state index in [1.165, 1.54) is 11.3 Å². The molecule has 0 aliphatic carbocycles. The van der Waals surface area contributed by atoms with Crippen molar-refractivity contribution < 1.29 is 4.79 Å². The quantitative estimate of drug-likeness (QED) is 0.832. The van der Waals surface area contributed by atoms with Gasteiger partial charge in [0.1, 0.15) is 6.04 Å². The molecule has 2 aromatic rings. The van der Waals surface area contributed by atoms with Crippen LogP contribution in [0.2, 0.25) is 0 Å². The molecule has 0 spiro atoms. The summed E-state index contributed by atoms with van der Waals surface area (Å²) in [6, 6.07) is 8.98. The zero-order valence-electron chi connectivity index (χ0n) is 9.19. The molecule has 0 aliphatic heterocycles. The number of hydrogen-bond acceptors (Lipinski definition) is 3. The van der Waals surface area contributed by atoms with Crippen molar-refractivity contribution in [2.24, 2.45) is 5.73 Å². The van der Waals surface area contributed by atoms with Gasteiger partial charge in [0.05, 0.1) is 0 Å². The molecule has 94 valence electrons. The Labute approximate surface area is 126 Å². The molecule has 0 fully saturated rings. The lowest BCUT2D eigenvalue weighted by Gasteiger charge is -2.15. The van der Waals surface area contributed by atoms with Gasteiger partial charge in [0, 0.05) is 24.9 Å². The zero-order valence-corrected chi connectivity index (χ0v) is 13.2. The topological polar surface area (TPSA) is 55.1 Å². The summed E-state index contributed by atoms with van der Waals surface area (Å²) in [5.41, 5.74) is 6.29. The zero-order chi connectivity index (χ0) is 13.1. The molecule has 18 heavy (non-hydrogen) atoms. The van der Waals surface area contributed by atoms with E-state index in [9.17, 15) is 4.79 Å². The number of halogens is 2. The summed E-state index contributed by atoms with van der Waals surface area (Å²) in [5.74, 6) is -0.396. The first-order valence-corrected chi connectivity index (χ1v) is 7.58. The van der Waals surface area contributed by atoms with Gasteiger partial charge in [-0.05, 0) is 46.3 Å². The van der Waals surface area contributed by atoms with Crippen LogP contribution in [-0.2, 0) is 4.79 Å². The van der Waals surface area contributed by atoms with Gasteiger partial charge in [0.2, 0.25) is 5.91 Å². The number of nitrogens with one attached hydrogen (secondary N) is 1. The lowest BCUT2D eigenvalue weighted by Crippen LogP contribution is -2.26. The van der Waals surface area contributed by atoms with Crippen molar-refractivity contribution in [1.82, 2.24) is 0 Å². The highest BCUT2D eigenvalue weighted by Crippen LogP contribution is 2.28. The van der Waals surface area contributed by atoms with Crippen LogP contribution >= 0.6 is 43.2 Å². The van der Waals surface area contributed by atoms with Crippen LogP contribution in [0.1, 0.15) is 10.9 Å². The highest BCUT2D eigenvalue weighted by atomic mass is 79.9. The Morgan fingerprint density at radius 2 is 1.89 bits per heavy atom. The third kappa shape index (κ3) is 3.34. The second-order valence-electron chi connectivity index (χ2n) is 3.65. The van der Waals surface area contributed by atoms with Crippen LogP contribution < -0.4 is 11.1 Å². The first kappa shape index (κ1) is 13.6. The molecule has 1 amide bonds. The van der Waals surface area contributed by atoms with Gasteiger partial charge in [-0.2, -0.15) is 0 Å². The maximum absolute atomic E-state index is 11.5. The Bertz CT molecular complexity index is 553. The number of rotatable bonds is 4. The first-order valence-electron chi connectivity index (χ1n) is 5.11. The summed E-state index contributed by atoms with van der Waals surface area (Å²) in [4.78, 5) is 12.4. The molecule has 1 heterocycles. The van der Waals surface area contributed by atoms with Crippen LogP contribution in [0.4, 0.5) is 5.69 Å². The minimum absolute atomic E-state index is 0.396. The van der Waals surface area contributed by atoms with Crippen molar-refractivity contribution in [2.45, 2.75) is 6.04 Å². The SMILES string of the molecule is NC(=O)C(Nc1ccc(Br)cc1)c1cc(Br)cs1. The van der Waals surface area contributed by atoms with Crippen molar-refractivity contribution in [3.8, 4) is 0 Å². The molecule has 3 N–H and O–H groups in total. The Morgan fingerprint density at radius 1 is 1.22 bits per heavy atom. The van der Waals surface area contributed by atoms with Crippen LogP contribution in [0.15, 0.2) is 44.7 Å². The van der Waals surface area contributed by atoms with Gasteiger partial charge in [0.25, 0.3) is 0 Å². The molecule has 6 heteroatoms. The number of primary amides is 1. The average molecular weight is 390 g/mol. The van der Waals surface area contributed by atoms with Gasteiger partial charge in [-0.15, -0.1) is 11.3 Å². The molecule has 2 rings (SSSR count). The predicted molar refractivity (Wildman–Crippen MR) is 81.7 cm³/mol. The molecule has 1 unspecified atom stereocenters. The van der Waals surface area contributed by atoms with Crippen molar-refractivity contribution in [2.75, 3.05) is 5.32 Å². The van der Waals surface area contributed by atoms with Crippen LogP contribution in [0.3, 0.4) is 0 Å². The normalized spacial score (nSPS) is 12.1. The van der Waals surface area contributed by atoms with Crippen molar-refractivity contribution in [1.29, 1.82) is 0 Å². The van der Waals surface area contributed by atoms with Gasteiger partial charge in [0.15, 0.2) is 0 Å². The van der Waals surface area contributed by atoms with Gasteiger partial charge in [-0.1, -0.05) is 15.9 Å². The van der Waals surface area contributed by atoms with E-state index in [4.69, 9.17) is 5.73 Å². The minimum atomic E-state index is -0.512. The predicted octanol–water partition coefficient (Wildman–Crippen LogP) is 3.91. The van der Waals surface area contributed by atoms with Crippen LogP contribution in [0.5, 0.6) is 0 Å². The van der Waals surface area contributed by atoms with Crippen LogP contribution in [-0.4, -0.2) is 5.91 Å². The summed E-state index contributed by atoms with van der Waals surface area (Å²) in [5, 5.41) is 5.05. The average Bonchev–Trinajstić information content (AvgIpc) is 2.74. The van der Waals surface area contributed by atoms with E-state index in [-0.39, 0.29) is 0 Å². The molecule has 0 bridgehead atoms. The number of carbonyl (C=O) groups is 1. The molecule has 1 atom stereocenters. The number of anilines is 1. The van der Waals surface area contributed by atoms with Crippen molar-refractivity contribution in [3.05, 3.63) is 49.5 Å². The summed E-state index contributed by atoms with van der Waals surface area (Å²) in [6.07, 6.45) is 0. The van der Waals surface area contributed by atoms with Crippen molar-refractivity contribution in [3.63, 3.8) is 0 Å². The molecule has 0 radical (unpaired) electrons. The number of hydrogen-bond donors (Lipinski definition) is 2. The molecule has 0 saturated carbocycles. The summed E-state index contributed by atoms with van der Waals surface area (Å²) >= 11 is 8.22. The standard InChI is InChI=1S/C12H10Br2N2OS/c13-7-1-3-9(4-2-7)16-11(12(15)17)10-5-8(14)6-18-10/h1-6,11,16H,(H2,15,17). The van der Waals surface area contributed by atoms with Crippen LogP contribution in [0, 0.1) is 0 Å². The number of carbonyl (C=O) groups excluding carboxylic acids is 1. The second kappa shape index (κ2) is 5.86. The number of nitrogens with two attached hydrogens (primary N) is 1. The Morgan fingerprint density at radius 3 is 2.39 bits per heavy atom. The summed E-state index contributed by atoms with van der Waals surface area (Å²) in [6.45, 7) is 0. The second-order valence-corrected chi connectivity index (χ2v) is 6.43. The fraction of sp³-hybridized carbons (Fsp3) is 0.0833. The smallest absolute Gasteiger partial charge is 0.245 e. The van der Waals surface area contributed by atoms with Crippen LogP contribution in [0.25, 0.3) is 0 Å². The van der Waals surface area contributed by atoms with E-state index in [1.54, 1.807) is 0 Å². The van der Waals surface area contributed by atoms with E-state index in [1.807, 2.05) is 35.7 Å². The highest BCUT2D eigenvalue weighted by molar-refractivity contribution is 9.10. The molecule has 1 aromatic carbocycles. The van der Waals surface area contributed by atoms with E-state index >= 15 is 0 Å². The number of amides is 1. The molecule has 0 saturated heterocycles. The Balaban J connectivity index is 2.22. The fourth-order valence-electron chi connectivity index (χ4n) is 1.47.